The van der Waals surface area contributed by atoms with Crippen LogP contribution in [0, 0.1) is 0 Å². The van der Waals surface area contributed by atoms with Crippen molar-refractivity contribution in [2.75, 3.05) is 69.5 Å². The van der Waals surface area contributed by atoms with Gasteiger partial charge in [0.05, 0.1) is 42.8 Å². The molecule has 0 aliphatic carbocycles. The van der Waals surface area contributed by atoms with Crippen LogP contribution in [0.4, 0.5) is 11.4 Å². The first kappa shape index (κ1) is 28.1. The standard InChI is InChI=1S/C22H26ClN6O2.C2H6O.Y/c1-14-13-29(6-5-24-14)20-17(23)12-25-22-19(20)26-21(27-22)16-4-3-15(11-18(16)30-2)28-7-9-31-10-8-28;1-2-3;/h3-4,11-12,14H,5-10,13H2,1-2H3,(H,25,26,27);3H,2H2,1H3;/q-1;;/t14-;;/m0../s1. The van der Waals surface area contributed by atoms with Crippen LogP contribution in [0.25, 0.3) is 27.9 Å². The fraction of sp³-hybridized carbons (Fsp3) is 0.500. The topological polar surface area (TPSA) is 101 Å². The predicted molar refractivity (Wildman–Crippen MR) is 137 cm³/mol. The minimum absolute atomic E-state index is 0. The summed E-state index contributed by atoms with van der Waals surface area (Å²) in [5.41, 5.74) is 4.44. The van der Waals surface area contributed by atoms with Crippen molar-refractivity contribution in [3.63, 3.8) is 0 Å². The summed E-state index contributed by atoms with van der Waals surface area (Å²) in [6.45, 7) is 9.73. The van der Waals surface area contributed by atoms with Crippen LogP contribution in [-0.4, -0.2) is 85.8 Å². The van der Waals surface area contributed by atoms with E-state index in [4.69, 9.17) is 31.2 Å². The number of piperazine rings is 1. The number of benzene rings is 1. The summed E-state index contributed by atoms with van der Waals surface area (Å²) in [4.78, 5) is 17.3. The van der Waals surface area contributed by atoms with E-state index in [1.165, 1.54) is 0 Å². The number of aromatic nitrogens is 3. The number of H-pyrrole nitrogens is 1. The molecule has 0 spiro atoms. The number of aliphatic hydroxyl groups excluding tert-OH is 1. The van der Waals surface area contributed by atoms with E-state index in [0.717, 1.165) is 74.1 Å². The monoisotopic (exact) mass is 576 g/mol. The Morgan fingerprint density at radius 1 is 1.26 bits per heavy atom. The van der Waals surface area contributed by atoms with E-state index in [1.807, 2.05) is 6.07 Å². The first-order valence-electron chi connectivity index (χ1n) is 11.6. The number of morpholine rings is 1. The van der Waals surface area contributed by atoms with Gasteiger partial charge in [0.25, 0.3) is 0 Å². The second-order valence-electron chi connectivity index (χ2n) is 8.24. The van der Waals surface area contributed by atoms with Gasteiger partial charge >= 0.3 is 0 Å². The third-order valence-electron chi connectivity index (χ3n) is 5.88. The van der Waals surface area contributed by atoms with Gasteiger partial charge < -0.3 is 34.7 Å². The number of nitrogens with zero attached hydrogens (tertiary/aromatic N) is 5. The van der Waals surface area contributed by atoms with Gasteiger partial charge in [0.15, 0.2) is 5.65 Å². The summed E-state index contributed by atoms with van der Waals surface area (Å²) >= 11 is 6.58. The summed E-state index contributed by atoms with van der Waals surface area (Å²) in [5, 5.41) is 12.8. The SMILES string of the molecule is CCO.COc1cc(N2CCOCC2)ccc1-c1nc2ncc(Cl)c(N3CC[N-][C@@H](C)C3)c2[nH]1.[Y]. The van der Waals surface area contributed by atoms with Crippen LogP contribution in [0.3, 0.4) is 0 Å². The van der Waals surface area contributed by atoms with Crippen LogP contribution in [0.5, 0.6) is 5.75 Å². The fourth-order valence-corrected chi connectivity index (χ4v) is 4.58. The summed E-state index contributed by atoms with van der Waals surface area (Å²) in [6.07, 6.45) is 1.68. The molecule has 4 heterocycles. The number of ether oxygens (including phenoxy) is 2. The molecule has 2 aromatic heterocycles. The molecule has 5 rings (SSSR count). The molecule has 35 heavy (non-hydrogen) atoms. The number of hydrogen-bond donors (Lipinski definition) is 2. The van der Waals surface area contributed by atoms with Crippen LogP contribution < -0.4 is 14.5 Å². The van der Waals surface area contributed by atoms with Gasteiger partial charge in [-0.25, -0.2) is 9.97 Å². The molecule has 9 nitrogen and oxygen atoms in total. The number of fused-ring (bicyclic) bond motifs is 1. The minimum atomic E-state index is 0. The molecule has 11 heteroatoms. The van der Waals surface area contributed by atoms with E-state index >= 15 is 0 Å². The molecule has 1 radical (unpaired) electrons. The van der Waals surface area contributed by atoms with Crippen LogP contribution >= 0.6 is 11.6 Å². The van der Waals surface area contributed by atoms with Crippen LogP contribution in [0.15, 0.2) is 24.4 Å². The maximum atomic E-state index is 7.57. The Balaban J connectivity index is 0.000000815. The smallest absolute Gasteiger partial charge is 0.180 e. The molecule has 2 saturated heterocycles. The van der Waals surface area contributed by atoms with E-state index in [9.17, 15) is 0 Å². The number of aliphatic hydroxyl groups is 1. The third kappa shape index (κ3) is 6.45. The average molecular weight is 577 g/mol. The molecule has 2 aliphatic rings. The Morgan fingerprint density at radius 2 is 2.00 bits per heavy atom. The average Bonchev–Trinajstić information content (AvgIpc) is 3.28. The Bertz CT molecular complexity index is 1110. The molecule has 3 aromatic rings. The zero-order valence-corrected chi connectivity index (χ0v) is 24.1. The second kappa shape index (κ2) is 13.2. The maximum absolute atomic E-state index is 7.57. The number of methoxy groups -OCH3 is 1. The largest absolute Gasteiger partial charge is 0.657 e. The summed E-state index contributed by atoms with van der Waals surface area (Å²) in [7, 11) is 1.68. The van der Waals surface area contributed by atoms with Gasteiger partial charge in [-0.15, -0.1) is 12.6 Å². The van der Waals surface area contributed by atoms with Crippen LogP contribution in [0.2, 0.25) is 5.02 Å². The van der Waals surface area contributed by atoms with Crippen molar-refractivity contribution >= 4 is 34.1 Å². The molecule has 0 unspecified atom stereocenters. The molecule has 2 fully saturated rings. The van der Waals surface area contributed by atoms with E-state index < -0.39 is 0 Å². The van der Waals surface area contributed by atoms with Crippen molar-refractivity contribution in [3.05, 3.63) is 34.7 Å². The Labute approximate surface area is 236 Å². The molecule has 0 bridgehead atoms. The van der Waals surface area contributed by atoms with Gasteiger partial charge in [0.2, 0.25) is 0 Å². The van der Waals surface area contributed by atoms with Crippen molar-refractivity contribution in [1.82, 2.24) is 15.0 Å². The normalized spacial score (nSPS) is 18.0. The Hall–Kier alpha value is -1.49. The molecule has 187 valence electrons. The predicted octanol–water partition coefficient (Wildman–Crippen LogP) is 3.70. The van der Waals surface area contributed by atoms with Gasteiger partial charge in [-0.3, -0.25) is 0 Å². The second-order valence-corrected chi connectivity index (χ2v) is 8.65. The van der Waals surface area contributed by atoms with Crippen molar-refractivity contribution in [3.8, 4) is 17.1 Å². The Kier molecular flexibility index (Phi) is 10.6. The van der Waals surface area contributed by atoms with E-state index in [0.29, 0.717) is 16.5 Å². The van der Waals surface area contributed by atoms with E-state index in [1.54, 1.807) is 20.2 Å². The molecule has 0 saturated carbocycles. The number of aromatic amines is 1. The molecule has 2 N–H and O–H groups in total. The molecule has 2 aliphatic heterocycles. The van der Waals surface area contributed by atoms with Gasteiger partial charge in [-0.05, 0) is 25.6 Å². The van der Waals surface area contributed by atoms with Crippen molar-refractivity contribution in [2.24, 2.45) is 0 Å². The first-order chi connectivity index (χ1) is 16.5. The first-order valence-corrected chi connectivity index (χ1v) is 12.0. The van der Waals surface area contributed by atoms with E-state index in [2.05, 4.69) is 44.1 Å². The quantitative estimate of drug-likeness (QED) is 0.488. The van der Waals surface area contributed by atoms with E-state index in [-0.39, 0.29) is 45.4 Å². The van der Waals surface area contributed by atoms with Gasteiger partial charge in [-0.2, -0.15) is 0 Å². The number of nitrogens with one attached hydrogen (secondary N) is 1. The summed E-state index contributed by atoms with van der Waals surface area (Å²) in [6, 6.07) is 6.47. The molecular weight excluding hydrogens is 545 g/mol. The number of imidazole rings is 1. The molecule has 0 amide bonds. The number of anilines is 2. The van der Waals surface area contributed by atoms with Crippen molar-refractivity contribution in [1.29, 1.82) is 0 Å². The zero-order valence-electron chi connectivity index (χ0n) is 20.5. The van der Waals surface area contributed by atoms with Crippen LogP contribution in [-0.2, 0) is 37.4 Å². The van der Waals surface area contributed by atoms with Gasteiger partial charge in [0, 0.05) is 70.7 Å². The maximum Gasteiger partial charge on any atom is 0.180 e. The summed E-state index contributed by atoms with van der Waals surface area (Å²) < 4.78 is 11.2. The zero-order chi connectivity index (χ0) is 24.1. The molecule has 1 atom stereocenters. The van der Waals surface area contributed by atoms with Crippen molar-refractivity contribution in [2.45, 2.75) is 19.9 Å². The van der Waals surface area contributed by atoms with Crippen LogP contribution in [0.1, 0.15) is 13.8 Å². The van der Waals surface area contributed by atoms with Gasteiger partial charge in [-0.1, -0.05) is 18.5 Å². The third-order valence-corrected chi connectivity index (χ3v) is 6.15. The number of hydrogen-bond acceptors (Lipinski definition) is 7. The Morgan fingerprint density at radius 3 is 2.69 bits per heavy atom. The fourth-order valence-electron chi connectivity index (χ4n) is 4.32. The number of rotatable bonds is 4. The molecular formula is C24H32ClN6O3Y-. The van der Waals surface area contributed by atoms with Crippen molar-refractivity contribution < 1.29 is 47.3 Å². The van der Waals surface area contributed by atoms with Gasteiger partial charge in [0.1, 0.15) is 17.1 Å². The number of halogens is 1. The number of pyridine rings is 1. The summed E-state index contributed by atoms with van der Waals surface area (Å²) in [5.74, 6) is 1.48. The minimum Gasteiger partial charge on any atom is -0.657 e. The molecule has 1 aromatic carbocycles.